The van der Waals surface area contributed by atoms with Crippen molar-refractivity contribution in [3.63, 3.8) is 0 Å². The lowest BCUT2D eigenvalue weighted by atomic mass is 9.85. The van der Waals surface area contributed by atoms with Crippen molar-refractivity contribution in [2.24, 2.45) is 5.92 Å². The zero-order valence-corrected chi connectivity index (χ0v) is 11.9. The van der Waals surface area contributed by atoms with Crippen LogP contribution in [0.2, 0.25) is 0 Å². The zero-order chi connectivity index (χ0) is 12.4. The van der Waals surface area contributed by atoms with Crippen LogP contribution in [0.1, 0.15) is 41.6 Å². The van der Waals surface area contributed by atoms with Crippen LogP contribution < -0.4 is 10.6 Å². The summed E-state index contributed by atoms with van der Waals surface area (Å²) < 4.78 is 0. The number of fused-ring (bicyclic) bond motifs is 1. The number of hydrogen-bond acceptors (Lipinski definition) is 2. The molecule has 0 bridgehead atoms. The first-order valence-electron chi connectivity index (χ1n) is 6.98. The third-order valence-corrected chi connectivity index (χ3v) is 4.12. The Morgan fingerprint density at radius 3 is 2.89 bits per heavy atom. The minimum atomic E-state index is 0. The van der Waals surface area contributed by atoms with Gasteiger partial charge in [0.15, 0.2) is 0 Å². The van der Waals surface area contributed by atoms with Gasteiger partial charge in [-0.1, -0.05) is 12.5 Å². The summed E-state index contributed by atoms with van der Waals surface area (Å²) in [7, 11) is 0. The van der Waals surface area contributed by atoms with Crippen LogP contribution in [0.15, 0.2) is 18.2 Å². The molecule has 3 rings (SSSR count). The summed E-state index contributed by atoms with van der Waals surface area (Å²) in [5.41, 5.74) is 3.19. The van der Waals surface area contributed by atoms with Gasteiger partial charge in [0.1, 0.15) is 0 Å². The number of benzene rings is 1. The highest BCUT2D eigenvalue weighted by Crippen LogP contribution is 2.27. The molecule has 1 aliphatic carbocycles. The standard InChI is InChI=1S/C15H20N2O.ClH/c18-15(17-10-11-4-1-5-11)13-6-2-8-14-12(13)7-3-9-16-14;/h2,6,8,11,16H,1,3-5,7,9-10H2,(H,17,18);1H. The molecule has 1 amide bonds. The molecule has 0 unspecified atom stereocenters. The van der Waals surface area contributed by atoms with Gasteiger partial charge in [-0.05, 0) is 49.3 Å². The number of nitrogens with one attached hydrogen (secondary N) is 2. The van der Waals surface area contributed by atoms with Gasteiger partial charge in [-0.15, -0.1) is 12.4 Å². The average molecular weight is 281 g/mol. The predicted octanol–water partition coefficient (Wildman–Crippen LogP) is 3.00. The predicted molar refractivity (Wildman–Crippen MR) is 80.2 cm³/mol. The molecule has 0 radical (unpaired) electrons. The molecule has 4 heteroatoms. The van der Waals surface area contributed by atoms with Crippen molar-refractivity contribution in [2.45, 2.75) is 32.1 Å². The highest BCUT2D eigenvalue weighted by molar-refractivity contribution is 5.97. The monoisotopic (exact) mass is 280 g/mol. The van der Waals surface area contributed by atoms with Crippen LogP contribution in [0.25, 0.3) is 0 Å². The van der Waals surface area contributed by atoms with Crippen molar-refractivity contribution in [3.8, 4) is 0 Å². The first-order chi connectivity index (χ1) is 8.84. The highest BCUT2D eigenvalue weighted by atomic mass is 35.5. The summed E-state index contributed by atoms with van der Waals surface area (Å²) in [6.45, 7) is 1.86. The summed E-state index contributed by atoms with van der Waals surface area (Å²) in [4.78, 5) is 12.2. The fraction of sp³-hybridized carbons (Fsp3) is 0.533. The molecule has 2 aliphatic rings. The molecule has 1 fully saturated rings. The largest absolute Gasteiger partial charge is 0.385 e. The van der Waals surface area contributed by atoms with Gasteiger partial charge in [-0.2, -0.15) is 0 Å². The highest BCUT2D eigenvalue weighted by Gasteiger charge is 2.20. The number of rotatable bonds is 3. The summed E-state index contributed by atoms with van der Waals surface area (Å²) in [5.74, 6) is 0.814. The summed E-state index contributed by atoms with van der Waals surface area (Å²) in [5, 5.41) is 6.45. The molecule has 104 valence electrons. The first kappa shape index (κ1) is 14.2. The van der Waals surface area contributed by atoms with Gasteiger partial charge >= 0.3 is 0 Å². The van der Waals surface area contributed by atoms with Gasteiger partial charge in [-0.25, -0.2) is 0 Å². The van der Waals surface area contributed by atoms with Crippen molar-refractivity contribution in [3.05, 3.63) is 29.3 Å². The maximum Gasteiger partial charge on any atom is 0.251 e. The first-order valence-corrected chi connectivity index (χ1v) is 6.98. The number of amides is 1. The molecule has 1 saturated carbocycles. The molecule has 0 atom stereocenters. The average Bonchev–Trinajstić information content (AvgIpc) is 2.36. The Labute approximate surface area is 120 Å². The molecule has 19 heavy (non-hydrogen) atoms. The maximum absolute atomic E-state index is 12.2. The lowest BCUT2D eigenvalue weighted by Gasteiger charge is -2.26. The zero-order valence-electron chi connectivity index (χ0n) is 11.1. The Hall–Kier alpha value is -1.22. The topological polar surface area (TPSA) is 41.1 Å². The second-order valence-electron chi connectivity index (χ2n) is 5.37. The van der Waals surface area contributed by atoms with E-state index in [4.69, 9.17) is 0 Å². The Kier molecular flexibility index (Phi) is 4.70. The van der Waals surface area contributed by atoms with E-state index < -0.39 is 0 Å². The SMILES string of the molecule is Cl.O=C(NCC1CCC1)c1cccc2c1CCCN2. The summed E-state index contributed by atoms with van der Waals surface area (Å²) in [6, 6.07) is 5.98. The van der Waals surface area contributed by atoms with E-state index in [0.29, 0.717) is 5.92 Å². The van der Waals surface area contributed by atoms with Gasteiger partial charge in [-0.3, -0.25) is 4.79 Å². The molecule has 1 heterocycles. The second kappa shape index (κ2) is 6.29. The normalized spacial score (nSPS) is 17.5. The van der Waals surface area contributed by atoms with Crippen molar-refractivity contribution in [1.29, 1.82) is 0 Å². The molecule has 1 aromatic rings. The Morgan fingerprint density at radius 1 is 1.32 bits per heavy atom. The van der Waals surface area contributed by atoms with Crippen LogP contribution >= 0.6 is 12.4 Å². The Balaban J connectivity index is 0.00000133. The molecule has 1 aliphatic heterocycles. The number of carbonyl (C=O) groups is 1. The van der Waals surface area contributed by atoms with E-state index in [1.165, 1.54) is 24.8 Å². The van der Waals surface area contributed by atoms with E-state index in [0.717, 1.165) is 37.2 Å². The minimum absolute atomic E-state index is 0. The van der Waals surface area contributed by atoms with Gasteiger partial charge in [0.05, 0.1) is 0 Å². The molecular weight excluding hydrogens is 260 g/mol. The van der Waals surface area contributed by atoms with Crippen LogP contribution in [0, 0.1) is 5.92 Å². The van der Waals surface area contributed by atoms with E-state index in [1.807, 2.05) is 12.1 Å². The van der Waals surface area contributed by atoms with Crippen LogP contribution in [0.4, 0.5) is 5.69 Å². The molecular formula is C15H21ClN2O. The van der Waals surface area contributed by atoms with Crippen molar-refractivity contribution in [2.75, 3.05) is 18.4 Å². The molecule has 2 N–H and O–H groups in total. The van der Waals surface area contributed by atoms with Crippen LogP contribution in [0.3, 0.4) is 0 Å². The molecule has 0 saturated heterocycles. The summed E-state index contributed by atoms with van der Waals surface area (Å²) >= 11 is 0. The fourth-order valence-corrected chi connectivity index (χ4v) is 2.75. The number of halogens is 1. The van der Waals surface area contributed by atoms with Crippen LogP contribution in [-0.2, 0) is 6.42 Å². The fourth-order valence-electron chi connectivity index (χ4n) is 2.75. The van der Waals surface area contributed by atoms with Crippen molar-refractivity contribution in [1.82, 2.24) is 5.32 Å². The second-order valence-corrected chi connectivity index (χ2v) is 5.37. The third-order valence-electron chi connectivity index (χ3n) is 4.12. The quantitative estimate of drug-likeness (QED) is 0.894. The third kappa shape index (κ3) is 3.03. The van der Waals surface area contributed by atoms with Gasteiger partial charge in [0, 0.05) is 24.3 Å². The van der Waals surface area contributed by atoms with Gasteiger partial charge < -0.3 is 10.6 Å². The Morgan fingerprint density at radius 2 is 2.16 bits per heavy atom. The number of hydrogen-bond donors (Lipinski definition) is 2. The molecule has 0 spiro atoms. The van der Waals surface area contributed by atoms with E-state index in [9.17, 15) is 4.79 Å². The minimum Gasteiger partial charge on any atom is -0.385 e. The van der Waals surface area contributed by atoms with E-state index >= 15 is 0 Å². The number of anilines is 1. The maximum atomic E-state index is 12.2. The van der Waals surface area contributed by atoms with Gasteiger partial charge in [0.25, 0.3) is 5.91 Å². The molecule has 3 nitrogen and oxygen atoms in total. The van der Waals surface area contributed by atoms with Gasteiger partial charge in [0.2, 0.25) is 0 Å². The molecule has 0 aromatic heterocycles. The van der Waals surface area contributed by atoms with Crippen molar-refractivity contribution >= 4 is 24.0 Å². The van der Waals surface area contributed by atoms with Crippen LogP contribution in [0.5, 0.6) is 0 Å². The lowest BCUT2D eigenvalue weighted by molar-refractivity contribution is 0.0938. The Bertz CT molecular complexity index is 457. The number of carbonyl (C=O) groups excluding carboxylic acids is 1. The van der Waals surface area contributed by atoms with Crippen LogP contribution in [-0.4, -0.2) is 19.0 Å². The van der Waals surface area contributed by atoms with E-state index in [1.54, 1.807) is 0 Å². The van der Waals surface area contributed by atoms with Crippen molar-refractivity contribution < 1.29 is 4.79 Å². The van der Waals surface area contributed by atoms with E-state index in [-0.39, 0.29) is 18.3 Å². The summed E-state index contributed by atoms with van der Waals surface area (Å²) in [6.07, 6.45) is 5.99. The smallest absolute Gasteiger partial charge is 0.251 e. The molecule has 1 aromatic carbocycles. The van der Waals surface area contributed by atoms with E-state index in [2.05, 4.69) is 16.7 Å². The lowest BCUT2D eigenvalue weighted by Crippen LogP contribution is -2.33.